The molecule has 0 saturated carbocycles. The number of carbonyl (C=O) groups is 1. The summed E-state index contributed by atoms with van der Waals surface area (Å²) < 4.78 is 24.6. The fourth-order valence-electron chi connectivity index (χ4n) is 2.12. The van der Waals surface area contributed by atoms with E-state index in [1.54, 1.807) is 6.07 Å². The largest absolute Gasteiger partial charge is 0.491 e. The highest BCUT2D eigenvalue weighted by molar-refractivity contribution is 5.89. The average Bonchev–Trinajstić information content (AvgIpc) is 2.92. The Hall–Kier alpha value is -1.82. The van der Waals surface area contributed by atoms with E-state index in [1.165, 1.54) is 12.1 Å². The van der Waals surface area contributed by atoms with Gasteiger partial charge in [0.2, 0.25) is 0 Å². The molecule has 6 heteroatoms. The van der Waals surface area contributed by atoms with E-state index in [9.17, 15) is 9.18 Å². The lowest BCUT2D eigenvalue weighted by Gasteiger charge is -2.13. The van der Waals surface area contributed by atoms with Crippen molar-refractivity contribution < 1.29 is 18.7 Å². The van der Waals surface area contributed by atoms with Crippen LogP contribution in [0.2, 0.25) is 0 Å². The van der Waals surface area contributed by atoms with Gasteiger partial charge >= 0.3 is 6.03 Å². The Morgan fingerprint density at radius 3 is 2.95 bits per heavy atom. The van der Waals surface area contributed by atoms with Crippen LogP contribution in [0.25, 0.3) is 0 Å². The molecule has 1 heterocycles. The molecule has 1 atom stereocenters. The number of ether oxygens (including phenoxy) is 2. The summed E-state index contributed by atoms with van der Waals surface area (Å²) in [5, 5.41) is 5.15. The molecule has 2 rings (SSSR count). The number of halogens is 1. The maximum absolute atomic E-state index is 13.9. The van der Waals surface area contributed by atoms with Crippen LogP contribution < -0.4 is 15.4 Å². The number of benzene rings is 1. The Morgan fingerprint density at radius 2 is 2.33 bits per heavy atom. The maximum atomic E-state index is 13.9. The number of nitrogens with one attached hydrogen (secondary N) is 2. The van der Waals surface area contributed by atoms with E-state index in [0.29, 0.717) is 12.3 Å². The lowest BCUT2D eigenvalue weighted by molar-refractivity contribution is 0.112. The third-order valence-electron chi connectivity index (χ3n) is 3.07. The van der Waals surface area contributed by atoms with Crippen molar-refractivity contribution in [3.05, 3.63) is 24.0 Å². The Morgan fingerprint density at radius 1 is 1.52 bits per heavy atom. The van der Waals surface area contributed by atoms with E-state index in [-0.39, 0.29) is 17.9 Å². The summed E-state index contributed by atoms with van der Waals surface area (Å²) in [6.45, 7) is 4.90. The second kappa shape index (κ2) is 7.26. The minimum Gasteiger partial charge on any atom is -0.491 e. The number of carbonyl (C=O) groups excluding carboxylic acids is 1. The van der Waals surface area contributed by atoms with E-state index in [2.05, 4.69) is 10.6 Å². The van der Waals surface area contributed by atoms with Crippen LogP contribution >= 0.6 is 0 Å². The van der Waals surface area contributed by atoms with Gasteiger partial charge in [-0.05, 0) is 38.8 Å². The zero-order valence-corrected chi connectivity index (χ0v) is 12.3. The predicted molar refractivity (Wildman–Crippen MR) is 78.2 cm³/mol. The third-order valence-corrected chi connectivity index (χ3v) is 3.07. The Balaban J connectivity index is 1.85. The summed E-state index contributed by atoms with van der Waals surface area (Å²) in [4.78, 5) is 11.7. The van der Waals surface area contributed by atoms with Gasteiger partial charge in [0.15, 0.2) is 0 Å². The highest BCUT2D eigenvalue weighted by Gasteiger charge is 2.16. The Bertz CT molecular complexity index is 488. The maximum Gasteiger partial charge on any atom is 0.319 e. The molecule has 1 aliphatic rings. The molecule has 0 unspecified atom stereocenters. The van der Waals surface area contributed by atoms with Crippen molar-refractivity contribution in [1.82, 2.24) is 5.32 Å². The van der Waals surface area contributed by atoms with Gasteiger partial charge < -0.3 is 20.1 Å². The van der Waals surface area contributed by atoms with Gasteiger partial charge in [0.05, 0.1) is 17.9 Å². The number of rotatable bonds is 5. The van der Waals surface area contributed by atoms with E-state index in [4.69, 9.17) is 9.47 Å². The summed E-state index contributed by atoms with van der Waals surface area (Å²) in [6, 6.07) is 3.93. The standard InChI is InChI=1S/C15H21FN2O3/c1-10(2)21-11-5-6-14(13(16)8-11)18-15(19)17-9-12-4-3-7-20-12/h5-6,8,10,12H,3-4,7,9H2,1-2H3,(H2,17,18,19)/t12-/m1/s1. The fraction of sp³-hybridized carbons (Fsp3) is 0.533. The molecule has 1 aromatic rings. The van der Waals surface area contributed by atoms with E-state index < -0.39 is 11.8 Å². The van der Waals surface area contributed by atoms with Crippen LogP contribution in [0.1, 0.15) is 26.7 Å². The lowest BCUT2D eigenvalue weighted by atomic mass is 10.2. The molecule has 0 bridgehead atoms. The number of hydrogen-bond donors (Lipinski definition) is 2. The first-order valence-corrected chi connectivity index (χ1v) is 7.17. The van der Waals surface area contributed by atoms with Gasteiger partial charge in [0, 0.05) is 19.2 Å². The Kier molecular flexibility index (Phi) is 5.38. The highest BCUT2D eigenvalue weighted by atomic mass is 19.1. The molecular weight excluding hydrogens is 275 g/mol. The van der Waals surface area contributed by atoms with E-state index >= 15 is 0 Å². The highest BCUT2D eigenvalue weighted by Crippen LogP contribution is 2.21. The average molecular weight is 296 g/mol. The molecule has 0 radical (unpaired) electrons. The second-order valence-corrected chi connectivity index (χ2v) is 5.28. The van der Waals surface area contributed by atoms with Crippen molar-refractivity contribution in [2.24, 2.45) is 0 Å². The normalized spacial score (nSPS) is 17.8. The molecule has 1 aromatic carbocycles. The van der Waals surface area contributed by atoms with Gasteiger partial charge in [-0.25, -0.2) is 9.18 Å². The molecule has 0 spiro atoms. The molecule has 1 saturated heterocycles. The van der Waals surface area contributed by atoms with Crippen LogP contribution in [0.3, 0.4) is 0 Å². The van der Waals surface area contributed by atoms with Crippen LogP contribution in [0.5, 0.6) is 5.75 Å². The number of urea groups is 1. The van der Waals surface area contributed by atoms with Gasteiger partial charge in [-0.3, -0.25) is 0 Å². The van der Waals surface area contributed by atoms with Crippen molar-refractivity contribution in [2.45, 2.75) is 38.9 Å². The zero-order valence-electron chi connectivity index (χ0n) is 12.3. The topological polar surface area (TPSA) is 59.6 Å². The number of amides is 2. The molecule has 0 aliphatic carbocycles. The van der Waals surface area contributed by atoms with Crippen molar-refractivity contribution in [1.29, 1.82) is 0 Å². The summed E-state index contributed by atoms with van der Waals surface area (Å²) in [7, 11) is 0. The summed E-state index contributed by atoms with van der Waals surface area (Å²) >= 11 is 0. The van der Waals surface area contributed by atoms with Crippen molar-refractivity contribution >= 4 is 11.7 Å². The lowest BCUT2D eigenvalue weighted by Crippen LogP contribution is -2.35. The minimum atomic E-state index is -0.527. The second-order valence-electron chi connectivity index (χ2n) is 5.28. The SMILES string of the molecule is CC(C)Oc1ccc(NC(=O)NC[C@H]2CCCO2)c(F)c1. The molecule has 116 valence electrons. The molecule has 21 heavy (non-hydrogen) atoms. The van der Waals surface area contributed by atoms with Crippen LogP contribution in [-0.2, 0) is 4.74 Å². The van der Waals surface area contributed by atoms with Crippen molar-refractivity contribution in [2.75, 3.05) is 18.5 Å². The Labute approximate surface area is 123 Å². The molecule has 0 aromatic heterocycles. The van der Waals surface area contributed by atoms with Gasteiger partial charge in [-0.15, -0.1) is 0 Å². The molecule has 5 nitrogen and oxygen atoms in total. The zero-order chi connectivity index (χ0) is 15.2. The quantitative estimate of drug-likeness (QED) is 0.878. The molecule has 2 amide bonds. The van der Waals surface area contributed by atoms with Crippen molar-refractivity contribution in [3.8, 4) is 5.75 Å². The predicted octanol–water partition coefficient (Wildman–Crippen LogP) is 2.91. The van der Waals surface area contributed by atoms with Crippen LogP contribution in [-0.4, -0.2) is 31.4 Å². The van der Waals surface area contributed by atoms with E-state index in [1.807, 2.05) is 13.8 Å². The number of hydrogen-bond acceptors (Lipinski definition) is 3. The van der Waals surface area contributed by atoms with Crippen molar-refractivity contribution in [3.63, 3.8) is 0 Å². The van der Waals surface area contributed by atoms with Gasteiger partial charge in [0.25, 0.3) is 0 Å². The van der Waals surface area contributed by atoms with Gasteiger partial charge in [-0.2, -0.15) is 0 Å². The molecule has 1 fully saturated rings. The molecular formula is C15H21FN2O3. The van der Waals surface area contributed by atoms with Crippen LogP contribution in [0.4, 0.5) is 14.9 Å². The molecule has 2 N–H and O–H groups in total. The van der Waals surface area contributed by atoms with Gasteiger partial charge in [-0.1, -0.05) is 0 Å². The first kappa shape index (κ1) is 15.6. The van der Waals surface area contributed by atoms with Crippen LogP contribution in [0.15, 0.2) is 18.2 Å². The van der Waals surface area contributed by atoms with E-state index in [0.717, 1.165) is 19.4 Å². The fourth-order valence-corrected chi connectivity index (χ4v) is 2.12. The van der Waals surface area contributed by atoms with Crippen LogP contribution in [0, 0.1) is 5.82 Å². The smallest absolute Gasteiger partial charge is 0.319 e. The first-order chi connectivity index (χ1) is 10.0. The molecule has 1 aliphatic heterocycles. The summed E-state index contributed by atoms with van der Waals surface area (Å²) in [5.41, 5.74) is 0.121. The monoisotopic (exact) mass is 296 g/mol. The summed E-state index contributed by atoms with van der Waals surface area (Å²) in [6.07, 6.45) is 1.98. The third kappa shape index (κ3) is 4.90. The first-order valence-electron chi connectivity index (χ1n) is 7.17. The minimum absolute atomic E-state index is 0.0297. The number of anilines is 1. The van der Waals surface area contributed by atoms with Gasteiger partial charge in [0.1, 0.15) is 11.6 Å². The summed E-state index contributed by atoms with van der Waals surface area (Å²) in [5.74, 6) is -0.0896.